The molecule has 16 nitrogen and oxygen atoms in total. The molecule has 1 fully saturated rings. The number of oxime groups is 1. The monoisotopic (exact) mass is 607 g/mol. The van der Waals surface area contributed by atoms with Gasteiger partial charge in [0.05, 0.1) is 11.9 Å². The van der Waals surface area contributed by atoms with Gasteiger partial charge in [0.1, 0.15) is 40.8 Å². The maximum atomic E-state index is 13.1. The number of aromatic nitrogens is 1. The number of allylic oxidation sites excluding steroid dienone is 1. The molecule has 2 atom stereocenters. The normalized spacial score (nSPS) is 22.1. The van der Waals surface area contributed by atoms with E-state index >= 15 is 0 Å². The van der Waals surface area contributed by atoms with E-state index in [1.54, 1.807) is 13.0 Å². The van der Waals surface area contributed by atoms with Gasteiger partial charge in [-0.05, 0) is 18.6 Å². The highest BCUT2D eigenvalue weighted by Crippen LogP contribution is 2.42. The number of carbonyl (C=O) groups is 4. The summed E-state index contributed by atoms with van der Waals surface area (Å²) in [6.45, 7) is 1.70. The number of carbonyl (C=O) groups excluding carboxylic acids is 2. The van der Waals surface area contributed by atoms with Crippen LogP contribution in [0.1, 0.15) is 12.6 Å². The van der Waals surface area contributed by atoms with Crippen LogP contribution in [0.3, 0.4) is 0 Å². The second-order valence-electron chi connectivity index (χ2n) is 8.38. The fraction of sp³-hybridized carbons (Fsp3) is 0.286. The van der Waals surface area contributed by atoms with Gasteiger partial charge in [0, 0.05) is 16.9 Å². The number of aliphatic carboxylic acids is 1. The quantitative estimate of drug-likeness (QED) is 0.154. The molecule has 3 amide bonds. The summed E-state index contributed by atoms with van der Waals surface area (Å²) in [6.07, 6.45) is 1.87. The summed E-state index contributed by atoms with van der Waals surface area (Å²) in [6, 6.07) is -0.975. The standard InChI is InChI=1S/C21H21N9O7S3/c1-8-23-12(3-10-4-28(21(35)36)27-30(8)10)38-5-9-6-39-18-14(17(32)29(18)15(9)19(33)34)25-16(31)13(26-37-2)11-7-40-20(22)24-11/h3-4,7,14,18,27H,5-6H2,1-2H3,(H2,22,24)(H,25,31)(H,33,34)(H,35,36)/b26-13-/t14-,18-/m1/s1. The van der Waals surface area contributed by atoms with Crippen LogP contribution in [0.5, 0.6) is 0 Å². The van der Waals surface area contributed by atoms with Crippen molar-refractivity contribution in [2.75, 3.05) is 24.3 Å². The lowest BCUT2D eigenvalue weighted by molar-refractivity contribution is -0.150. The lowest BCUT2D eigenvalue weighted by Crippen LogP contribution is -2.71. The molecule has 0 aromatic carbocycles. The maximum Gasteiger partial charge on any atom is 0.427 e. The Kier molecular flexibility index (Phi) is 7.45. The fourth-order valence-electron chi connectivity index (χ4n) is 4.14. The van der Waals surface area contributed by atoms with Crippen molar-refractivity contribution in [2.45, 2.75) is 18.3 Å². The molecule has 0 saturated carbocycles. The molecule has 210 valence electrons. The van der Waals surface area contributed by atoms with Gasteiger partial charge in [-0.25, -0.2) is 24.6 Å². The summed E-state index contributed by atoms with van der Waals surface area (Å²) in [5, 5.41) is 29.5. The van der Waals surface area contributed by atoms with Crippen LogP contribution in [0.25, 0.3) is 0 Å². The Morgan fingerprint density at radius 3 is 2.80 bits per heavy atom. The van der Waals surface area contributed by atoms with E-state index in [-0.39, 0.29) is 28.0 Å². The molecule has 0 bridgehead atoms. The van der Waals surface area contributed by atoms with Crippen molar-refractivity contribution in [2.24, 2.45) is 10.1 Å². The van der Waals surface area contributed by atoms with Crippen molar-refractivity contribution >= 4 is 75.4 Å². The largest absolute Gasteiger partial charge is 0.477 e. The summed E-state index contributed by atoms with van der Waals surface area (Å²) >= 11 is 3.69. The number of hydrogen-bond donors (Lipinski definition) is 5. The molecule has 0 aliphatic carbocycles. The third-order valence-electron chi connectivity index (χ3n) is 5.89. The number of aliphatic imine (C=N–C) groups is 1. The zero-order valence-electron chi connectivity index (χ0n) is 20.7. The van der Waals surface area contributed by atoms with Crippen LogP contribution < -0.4 is 16.6 Å². The van der Waals surface area contributed by atoms with Crippen molar-refractivity contribution in [3.05, 3.63) is 45.3 Å². The van der Waals surface area contributed by atoms with Gasteiger partial charge in [-0.3, -0.25) is 14.5 Å². The van der Waals surface area contributed by atoms with Gasteiger partial charge in [-0.1, -0.05) is 5.16 Å². The number of hydrogen-bond acceptors (Lipinski definition) is 14. The minimum absolute atomic E-state index is 0.137. The molecule has 40 heavy (non-hydrogen) atoms. The van der Waals surface area contributed by atoms with Crippen molar-refractivity contribution in [3.63, 3.8) is 0 Å². The van der Waals surface area contributed by atoms with E-state index in [9.17, 15) is 29.4 Å². The van der Waals surface area contributed by atoms with Crippen LogP contribution >= 0.6 is 34.9 Å². The number of carboxylic acid groups (broad SMARTS) is 2. The number of β-lactam (4-membered cyclic amide) rings is 1. The molecule has 0 spiro atoms. The van der Waals surface area contributed by atoms with Gasteiger partial charge >= 0.3 is 12.1 Å². The number of rotatable bonds is 8. The molecule has 1 saturated heterocycles. The molecule has 6 N–H and O–H groups in total. The number of thiazole rings is 1. The Morgan fingerprint density at radius 2 is 2.15 bits per heavy atom. The summed E-state index contributed by atoms with van der Waals surface area (Å²) in [7, 11) is 1.26. The maximum absolute atomic E-state index is 13.1. The molecule has 1 aromatic heterocycles. The number of nitrogens with two attached hydrogens (primary N) is 1. The first kappa shape index (κ1) is 27.5. The molecule has 0 radical (unpaired) electrons. The zero-order valence-corrected chi connectivity index (χ0v) is 23.2. The number of nitrogens with one attached hydrogen (secondary N) is 2. The van der Waals surface area contributed by atoms with Crippen molar-refractivity contribution in [1.82, 2.24) is 30.8 Å². The first-order chi connectivity index (χ1) is 19.1. The number of hydrazine groups is 2. The smallest absolute Gasteiger partial charge is 0.427 e. The van der Waals surface area contributed by atoms with Gasteiger partial charge < -0.3 is 26.1 Å². The highest BCUT2D eigenvalue weighted by molar-refractivity contribution is 8.03. The Balaban J connectivity index is 1.29. The molecule has 4 aliphatic heterocycles. The van der Waals surface area contributed by atoms with Crippen LogP contribution in [-0.2, 0) is 19.2 Å². The van der Waals surface area contributed by atoms with Crippen molar-refractivity contribution in [3.8, 4) is 0 Å². The van der Waals surface area contributed by atoms with Crippen LogP contribution in [-0.4, -0.2) is 95.6 Å². The molecule has 0 unspecified atom stereocenters. The second-order valence-corrected chi connectivity index (χ2v) is 11.4. The van der Waals surface area contributed by atoms with Gasteiger partial charge in [0.15, 0.2) is 10.8 Å². The van der Waals surface area contributed by atoms with E-state index in [4.69, 9.17) is 10.6 Å². The van der Waals surface area contributed by atoms with Crippen LogP contribution in [0.4, 0.5) is 9.93 Å². The molecular weight excluding hydrogens is 586 g/mol. The minimum atomic E-state index is -1.26. The van der Waals surface area contributed by atoms with Crippen molar-refractivity contribution < 1.29 is 34.2 Å². The van der Waals surface area contributed by atoms with E-state index < -0.39 is 35.3 Å². The Bertz CT molecular complexity index is 1470. The topological polar surface area (TPSA) is 215 Å². The van der Waals surface area contributed by atoms with Crippen LogP contribution in [0, 0.1) is 0 Å². The third kappa shape index (κ3) is 4.98. The number of fused-ring (bicyclic) bond motifs is 2. The lowest BCUT2D eigenvalue weighted by atomic mass is 10.0. The van der Waals surface area contributed by atoms with E-state index in [0.29, 0.717) is 27.9 Å². The first-order valence-electron chi connectivity index (χ1n) is 11.3. The highest BCUT2D eigenvalue weighted by Gasteiger charge is 2.54. The second kappa shape index (κ2) is 10.8. The summed E-state index contributed by atoms with van der Waals surface area (Å²) in [5.74, 6) is -1.52. The van der Waals surface area contributed by atoms with Crippen LogP contribution in [0.15, 0.2) is 49.8 Å². The SMILES string of the molecule is CO/N=C(\C(=O)N[C@@H]1C(=O)N2C(C(=O)O)=C(CSC3=CC4=CN(C(=O)O)NN4C(C)=N3)CS[C@H]12)c1csc(N)n1. The minimum Gasteiger partial charge on any atom is -0.477 e. The average molecular weight is 608 g/mol. The molecule has 19 heteroatoms. The highest BCUT2D eigenvalue weighted by atomic mass is 32.2. The van der Waals surface area contributed by atoms with E-state index in [2.05, 4.69) is 26.0 Å². The lowest BCUT2D eigenvalue weighted by Gasteiger charge is -2.49. The van der Waals surface area contributed by atoms with Gasteiger partial charge in [-0.15, -0.1) is 40.4 Å². The Hall–Kier alpha value is -4.07. The Labute approximate surface area is 238 Å². The first-order valence-corrected chi connectivity index (χ1v) is 14.2. The number of thioether (sulfide) groups is 2. The van der Waals surface area contributed by atoms with E-state index in [1.165, 1.54) is 52.1 Å². The fourth-order valence-corrected chi connectivity index (χ4v) is 7.13. The molecule has 5 rings (SSSR count). The molecule has 1 aromatic rings. The van der Waals surface area contributed by atoms with Crippen LogP contribution in [0.2, 0.25) is 0 Å². The number of amides is 3. The summed E-state index contributed by atoms with van der Waals surface area (Å²) < 4.78 is 0. The zero-order chi connectivity index (χ0) is 28.7. The predicted molar refractivity (Wildman–Crippen MR) is 146 cm³/mol. The molecular formula is C21H21N9O7S3. The van der Waals surface area contributed by atoms with Gasteiger partial charge in [0.2, 0.25) is 0 Å². The van der Waals surface area contributed by atoms with E-state index in [0.717, 1.165) is 16.3 Å². The van der Waals surface area contributed by atoms with Gasteiger partial charge in [0.25, 0.3) is 11.8 Å². The molecule has 4 aliphatic rings. The van der Waals surface area contributed by atoms with E-state index in [1.807, 2.05) is 0 Å². The number of amidine groups is 1. The summed E-state index contributed by atoms with van der Waals surface area (Å²) in [5.41, 5.74) is 9.25. The molecule has 5 heterocycles. The van der Waals surface area contributed by atoms with Gasteiger partial charge in [-0.2, -0.15) is 5.01 Å². The summed E-state index contributed by atoms with van der Waals surface area (Å²) in [4.78, 5) is 63.8. The number of nitrogen functional groups attached to an aromatic ring is 1. The average Bonchev–Trinajstić information content (AvgIpc) is 3.55. The van der Waals surface area contributed by atoms with Crippen molar-refractivity contribution in [1.29, 1.82) is 0 Å². The number of carboxylic acids is 1. The number of anilines is 1. The third-order valence-corrected chi connectivity index (χ3v) is 8.90. The predicted octanol–water partition coefficient (Wildman–Crippen LogP) is 0.378. The number of nitrogens with zero attached hydrogens (tertiary/aromatic N) is 6. The Morgan fingerprint density at radius 1 is 1.38 bits per heavy atom.